The molecule has 20 heavy (non-hydrogen) atoms. The maximum atomic E-state index is 12.3. The van der Waals surface area contributed by atoms with Gasteiger partial charge in [0.1, 0.15) is 0 Å². The summed E-state index contributed by atoms with van der Waals surface area (Å²) >= 11 is 0. The third kappa shape index (κ3) is 7.03. The molecule has 0 amide bonds. The van der Waals surface area contributed by atoms with Crippen molar-refractivity contribution >= 4 is 11.0 Å². The summed E-state index contributed by atoms with van der Waals surface area (Å²) in [5.41, 5.74) is 0. The SMILES string of the molecule is CCC/C=C/[C@H](CC1CCCCC1)N[S@](=O)C(C)(C)C. The van der Waals surface area contributed by atoms with Crippen LogP contribution in [0.3, 0.4) is 0 Å². The Morgan fingerprint density at radius 2 is 1.90 bits per heavy atom. The first-order valence-electron chi connectivity index (χ1n) is 8.28. The van der Waals surface area contributed by atoms with E-state index in [2.05, 4.69) is 23.8 Å². The number of hydrogen-bond donors (Lipinski definition) is 1. The van der Waals surface area contributed by atoms with E-state index in [9.17, 15) is 4.21 Å². The molecule has 2 nitrogen and oxygen atoms in total. The van der Waals surface area contributed by atoms with E-state index in [4.69, 9.17) is 0 Å². The molecule has 1 saturated carbocycles. The molecule has 0 heterocycles. The van der Waals surface area contributed by atoms with Crippen molar-refractivity contribution in [3.63, 3.8) is 0 Å². The van der Waals surface area contributed by atoms with Crippen LogP contribution in [0.5, 0.6) is 0 Å². The Balaban J connectivity index is 2.56. The van der Waals surface area contributed by atoms with E-state index >= 15 is 0 Å². The van der Waals surface area contributed by atoms with Crippen LogP contribution < -0.4 is 4.72 Å². The molecule has 1 aliphatic rings. The quantitative estimate of drug-likeness (QED) is 0.676. The smallest absolute Gasteiger partial charge is 0.0975 e. The summed E-state index contributed by atoms with van der Waals surface area (Å²) < 4.78 is 15.5. The second kappa shape index (κ2) is 8.99. The van der Waals surface area contributed by atoms with Gasteiger partial charge in [-0.25, -0.2) is 8.93 Å². The van der Waals surface area contributed by atoms with Gasteiger partial charge in [-0.3, -0.25) is 0 Å². The summed E-state index contributed by atoms with van der Waals surface area (Å²) in [6.45, 7) is 8.29. The van der Waals surface area contributed by atoms with E-state index < -0.39 is 11.0 Å². The topological polar surface area (TPSA) is 29.1 Å². The van der Waals surface area contributed by atoms with Crippen molar-refractivity contribution in [2.75, 3.05) is 0 Å². The number of rotatable bonds is 7. The van der Waals surface area contributed by atoms with E-state index in [1.165, 1.54) is 38.5 Å². The van der Waals surface area contributed by atoms with Gasteiger partial charge >= 0.3 is 0 Å². The van der Waals surface area contributed by atoms with E-state index in [0.717, 1.165) is 18.8 Å². The molecule has 118 valence electrons. The third-order valence-electron chi connectivity index (χ3n) is 3.95. The van der Waals surface area contributed by atoms with Crippen LogP contribution >= 0.6 is 0 Å². The zero-order valence-electron chi connectivity index (χ0n) is 13.8. The molecule has 0 aromatic carbocycles. The van der Waals surface area contributed by atoms with Crippen LogP contribution in [0.2, 0.25) is 0 Å². The Bertz CT molecular complexity index is 313. The highest BCUT2D eigenvalue weighted by Crippen LogP contribution is 2.28. The molecule has 0 aromatic heterocycles. The van der Waals surface area contributed by atoms with Gasteiger partial charge in [0, 0.05) is 6.04 Å². The predicted molar refractivity (Wildman–Crippen MR) is 90.1 cm³/mol. The molecule has 0 bridgehead atoms. The molecule has 1 rings (SSSR count). The predicted octanol–water partition coefficient (Wildman–Crippen LogP) is 4.73. The van der Waals surface area contributed by atoms with Gasteiger partial charge in [-0.2, -0.15) is 0 Å². The fourth-order valence-electron chi connectivity index (χ4n) is 2.69. The van der Waals surface area contributed by atoms with Crippen LogP contribution in [0.4, 0.5) is 0 Å². The molecule has 3 heteroatoms. The van der Waals surface area contributed by atoms with Gasteiger partial charge in [-0.15, -0.1) is 0 Å². The number of unbranched alkanes of at least 4 members (excludes halogenated alkanes) is 1. The van der Waals surface area contributed by atoms with Gasteiger partial charge in [0.25, 0.3) is 0 Å². The van der Waals surface area contributed by atoms with Gasteiger partial charge < -0.3 is 0 Å². The summed E-state index contributed by atoms with van der Waals surface area (Å²) in [4.78, 5) is 0. The lowest BCUT2D eigenvalue weighted by atomic mass is 9.85. The van der Waals surface area contributed by atoms with Crippen molar-refractivity contribution < 1.29 is 4.21 Å². The van der Waals surface area contributed by atoms with Crippen molar-refractivity contribution in [3.8, 4) is 0 Å². The van der Waals surface area contributed by atoms with Crippen LogP contribution in [0.15, 0.2) is 12.2 Å². The van der Waals surface area contributed by atoms with Gasteiger partial charge in [0.15, 0.2) is 0 Å². The fourth-order valence-corrected chi connectivity index (χ4v) is 3.49. The highest BCUT2D eigenvalue weighted by molar-refractivity contribution is 7.84. The molecule has 1 fully saturated rings. The molecule has 0 saturated heterocycles. The van der Waals surface area contributed by atoms with Crippen molar-refractivity contribution in [1.29, 1.82) is 0 Å². The van der Waals surface area contributed by atoms with Crippen molar-refractivity contribution in [2.45, 2.75) is 89.9 Å². The molecular formula is C17H33NOS. The van der Waals surface area contributed by atoms with E-state index in [0.29, 0.717) is 0 Å². The second-order valence-corrected chi connectivity index (χ2v) is 9.06. The standard InChI is InChI=1S/C17H33NOS/c1-5-6-8-13-16(18-20(19)17(2,3)4)14-15-11-9-7-10-12-15/h8,13,15-16,18H,5-7,9-12,14H2,1-4H3/b13-8+/t16-,20-/m1/s1. The number of allylic oxidation sites excluding steroid dienone is 1. The Morgan fingerprint density at radius 3 is 2.45 bits per heavy atom. The zero-order chi connectivity index (χ0) is 15.0. The average molecular weight is 300 g/mol. The summed E-state index contributed by atoms with van der Waals surface area (Å²) in [6.07, 6.45) is 14.8. The van der Waals surface area contributed by atoms with Gasteiger partial charge in [0.2, 0.25) is 0 Å². The Kier molecular flexibility index (Phi) is 8.04. The molecule has 0 aliphatic heterocycles. The highest BCUT2D eigenvalue weighted by atomic mass is 32.2. The minimum atomic E-state index is -0.978. The summed E-state index contributed by atoms with van der Waals surface area (Å²) in [7, 11) is -0.978. The number of nitrogens with one attached hydrogen (secondary N) is 1. The summed E-state index contributed by atoms with van der Waals surface area (Å²) in [5.74, 6) is 0.810. The van der Waals surface area contributed by atoms with Crippen LogP contribution in [-0.2, 0) is 11.0 Å². The highest BCUT2D eigenvalue weighted by Gasteiger charge is 2.24. The first-order valence-corrected chi connectivity index (χ1v) is 9.43. The lowest BCUT2D eigenvalue weighted by Gasteiger charge is -2.27. The number of hydrogen-bond acceptors (Lipinski definition) is 1. The van der Waals surface area contributed by atoms with Crippen molar-refractivity contribution in [1.82, 2.24) is 4.72 Å². The molecule has 2 atom stereocenters. The monoisotopic (exact) mass is 299 g/mol. The van der Waals surface area contributed by atoms with Gasteiger partial charge in [0.05, 0.1) is 15.7 Å². The lowest BCUT2D eigenvalue weighted by Crippen LogP contribution is -2.40. The Hall–Kier alpha value is -0.150. The Morgan fingerprint density at radius 1 is 1.25 bits per heavy atom. The molecule has 0 spiro atoms. The van der Waals surface area contributed by atoms with Crippen LogP contribution in [-0.4, -0.2) is 15.0 Å². The van der Waals surface area contributed by atoms with Crippen molar-refractivity contribution in [3.05, 3.63) is 12.2 Å². The second-order valence-electron chi connectivity index (χ2n) is 7.06. The minimum absolute atomic E-state index is 0.191. The fraction of sp³-hybridized carbons (Fsp3) is 0.882. The molecule has 0 radical (unpaired) electrons. The van der Waals surface area contributed by atoms with Crippen LogP contribution in [0, 0.1) is 5.92 Å². The molecule has 0 unspecified atom stereocenters. The van der Waals surface area contributed by atoms with Crippen LogP contribution in [0.1, 0.15) is 79.1 Å². The van der Waals surface area contributed by atoms with Crippen LogP contribution in [0.25, 0.3) is 0 Å². The molecule has 0 aromatic rings. The molecule has 1 aliphatic carbocycles. The van der Waals surface area contributed by atoms with Crippen molar-refractivity contribution in [2.24, 2.45) is 5.92 Å². The lowest BCUT2D eigenvalue weighted by molar-refractivity contribution is 0.325. The maximum Gasteiger partial charge on any atom is 0.0975 e. The van der Waals surface area contributed by atoms with E-state index in [-0.39, 0.29) is 10.8 Å². The molecular weight excluding hydrogens is 266 g/mol. The Labute approximate surface area is 128 Å². The average Bonchev–Trinajstić information content (AvgIpc) is 2.39. The maximum absolute atomic E-state index is 12.3. The first kappa shape index (κ1) is 17.9. The van der Waals surface area contributed by atoms with Gasteiger partial charge in [-0.05, 0) is 39.5 Å². The third-order valence-corrected chi connectivity index (χ3v) is 5.58. The summed E-state index contributed by atoms with van der Waals surface area (Å²) in [5, 5.41) is 0. The minimum Gasteiger partial charge on any atom is -0.242 e. The largest absolute Gasteiger partial charge is 0.242 e. The summed E-state index contributed by atoms with van der Waals surface area (Å²) in [6, 6.07) is 0.268. The molecule has 1 N–H and O–H groups in total. The van der Waals surface area contributed by atoms with E-state index in [1.54, 1.807) is 0 Å². The first-order chi connectivity index (χ1) is 9.43. The van der Waals surface area contributed by atoms with Gasteiger partial charge in [-0.1, -0.05) is 57.6 Å². The van der Waals surface area contributed by atoms with E-state index in [1.807, 2.05) is 20.8 Å². The zero-order valence-corrected chi connectivity index (χ0v) is 14.6. The normalized spacial score (nSPS) is 21.2.